The van der Waals surface area contributed by atoms with E-state index in [0.29, 0.717) is 0 Å². The summed E-state index contributed by atoms with van der Waals surface area (Å²) in [6.07, 6.45) is -6.53. The summed E-state index contributed by atoms with van der Waals surface area (Å²) in [4.78, 5) is 24.6. The van der Waals surface area contributed by atoms with E-state index in [1.54, 1.807) is 41.5 Å². The number of aliphatic hydroxyl groups is 4. The molecule has 4 unspecified atom stereocenters. The molecule has 2 amide bonds. The van der Waals surface area contributed by atoms with Gasteiger partial charge in [-0.15, -0.1) is 0 Å². The molecule has 3 aliphatic rings. The number of hydrogen-bond acceptors (Lipinski definition) is 10. The van der Waals surface area contributed by atoms with Crippen LogP contribution in [0.25, 0.3) is 0 Å². The Morgan fingerprint density at radius 2 is 1.03 bits per heavy atom. The first kappa shape index (κ1) is 29.2. The van der Waals surface area contributed by atoms with E-state index in [0.717, 1.165) is 0 Å². The van der Waals surface area contributed by atoms with E-state index in [2.05, 4.69) is 0 Å². The Morgan fingerprint density at radius 3 is 1.25 bits per heavy atom. The van der Waals surface area contributed by atoms with Gasteiger partial charge < -0.3 is 50.8 Å². The van der Waals surface area contributed by atoms with Crippen molar-refractivity contribution < 1.29 is 49.0 Å². The van der Waals surface area contributed by atoms with Crippen LogP contribution in [0.2, 0.25) is 0 Å². The molecule has 0 bridgehead atoms. The highest BCUT2D eigenvalue weighted by molar-refractivity contribution is 5.78. The minimum atomic E-state index is -2.53. The van der Waals surface area contributed by atoms with E-state index < -0.39 is 82.0 Å². The second-order valence-electron chi connectivity index (χ2n) is 13.0. The lowest BCUT2D eigenvalue weighted by atomic mass is 9.69. The van der Waals surface area contributed by atoms with Gasteiger partial charge in [0.1, 0.15) is 11.2 Å². The zero-order chi connectivity index (χ0) is 27.9. The van der Waals surface area contributed by atoms with Crippen LogP contribution in [0.4, 0.5) is 0 Å². The fourth-order valence-electron chi connectivity index (χ4n) is 6.16. The van der Waals surface area contributed by atoms with E-state index in [-0.39, 0.29) is 12.8 Å². The molecule has 3 saturated heterocycles. The molecular weight excluding hydrogens is 476 g/mol. The summed E-state index contributed by atoms with van der Waals surface area (Å²) in [5, 5.41) is 45.1. The van der Waals surface area contributed by atoms with Crippen LogP contribution in [0.3, 0.4) is 0 Å². The van der Waals surface area contributed by atoms with Crippen molar-refractivity contribution in [3.05, 3.63) is 0 Å². The molecule has 208 valence electrons. The first-order valence-corrected chi connectivity index (χ1v) is 12.1. The largest absolute Gasteiger partial charge is 0.369 e. The average molecular weight is 519 g/mol. The highest BCUT2D eigenvalue weighted by Crippen LogP contribution is 2.57. The van der Waals surface area contributed by atoms with Gasteiger partial charge in [0.25, 0.3) is 0 Å². The number of nitrogens with two attached hydrogens (primary N) is 2. The number of hydrogen-bond donors (Lipinski definition) is 6. The molecule has 3 fully saturated rings. The normalized spacial score (nSPS) is 45.2. The van der Waals surface area contributed by atoms with Crippen LogP contribution in [0.1, 0.15) is 68.2 Å². The third-order valence-corrected chi connectivity index (χ3v) is 7.96. The van der Waals surface area contributed by atoms with Crippen LogP contribution in [0.5, 0.6) is 0 Å². The number of amides is 2. The smallest absolute Gasteiger partial charge is 0.248 e. The number of rotatable bonds is 4. The summed E-state index contributed by atoms with van der Waals surface area (Å²) in [6, 6.07) is 0. The number of aliphatic hydroxyl groups excluding tert-OH is 2. The zero-order valence-corrected chi connectivity index (χ0v) is 22.3. The Kier molecular flexibility index (Phi) is 6.94. The summed E-state index contributed by atoms with van der Waals surface area (Å²) < 4.78 is 23.4. The summed E-state index contributed by atoms with van der Waals surface area (Å²) in [7, 11) is 0. The molecule has 8 N–H and O–H groups in total. The molecule has 10 atom stereocenters. The lowest BCUT2D eigenvalue weighted by molar-refractivity contribution is -0.562. The van der Waals surface area contributed by atoms with Crippen molar-refractivity contribution in [1.82, 2.24) is 0 Å². The molecule has 12 nitrogen and oxygen atoms in total. The summed E-state index contributed by atoms with van der Waals surface area (Å²) in [5.74, 6) is -8.23. The second kappa shape index (κ2) is 8.57. The van der Waals surface area contributed by atoms with Gasteiger partial charge >= 0.3 is 0 Å². The monoisotopic (exact) mass is 518 g/mol. The Bertz CT molecular complexity index is 830. The van der Waals surface area contributed by atoms with Gasteiger partial charge in [-0.05, 0) is 24.7 Å². The molecule has 0 saturated carbocycles. The topological polar surface area (TPSA) is 204 Å². The number of fused-ring (bicyclic) bond motifs is 2. The van der Waals surface area contributed by atoms with Crippen LogP contribution >= 0.6 is 0 Å². The van der Waals surface area contributed by atoms with Crippen molar-refractivity contribution in [2.75, 3.05) is 0 Å². The lowest BCUT2D eigenvalue weighted by Gasteiger charge is -2.66. The summed E-state index contributed by atoms with van der Waals surface area (Å²) in [5.41, 5.74) is 6.15. The SMILES string of the molecule is CC(C)(C)C(C(N)=O)C1C[C@@]2(C)O[C@@]3(O)[C@@H](O)OC([C@H](C(N)=O)C(C)(C)C)C[C@]3(C)OC2(O)[C@H](O)O1. The first-order chi connectivity index (χ1) is 16.0. The minimum absolute atomic E-state index is 0.230. The van der Waals surface area contributed by atoms with Gasteiger partial charge in [0.05, 0.1) is 24.0 Å². The van der Waals surface area contributed by atoms with Crippen LogP contribution < -0.4 is 11.5 Å². The van der Waals surface area contributed by atoms with E-state index >= 15 is 0 Å². The van der Waals surface area contributed by atoms with Gasteiger partial charge in [-0.2, -0.15) is 0 Å². The predicted molar refractivity (Wildman–Crippen MR) is 124 cm³/mol. The van der Waals surface area contributed by atoms with E-state index in [1.165, 1.54) is 13.8 Å². The van der Waals surface area contributed by atoms with E-state index in [1.807, 2.05) is 0 Å². The molecule has 0 aromatic heterocycles. The average Bonchev–Trinajstić information content (AvgIpc) is 2.61. The minimum Gasteiger partial charge on any atom is -0.369 e. The van der Waals surface area contributed by atoms with Crippen molar-refractivity contribution in [2.24, 2.45) is 34.1 Å². The molecular formula is C24H42N2O10. The molecule has 0 aliphatic carbocycles. The first-order valence-electron chi connectivity index (χ1n) is 12.1. The number of primary amides is 2. The van der Waals surface area contributed by atoms with Crippen LogP contribution in [0, 0.1) is 22.7 Å². The Balaban J connectivity index is 2.03. The Hall–Kier alpha value is -1.38. The summed E-state index contributed by atoms with van der Waals surface area (Å²) in [6.45, 7) is 13.4. The third kappa shape index (κ3) is 4.35. The van der Waals surface area contributed by atoms with Crippen molar-refractivity contribution >= 4 is 11.8 Å². The Labute approximate surface area is 211 Å². The van der Waals surface area contributed by atoms with Gasteiger partial charge in [-0.3, -0.25) is 9.59 Å². The molecule has 3 rings (SSSR count). The number of ether oxygens (including phenoxy) is 4. The van der Waals surface area contributed by atoms with Crippen LogP contribution in [-0.2, 0) is 28.5 Å². The van der Waals surface area contributed by atoms with Gasteiger partial charge in [0, 0.05) is 12.8 Å². The quantitative estimate of drug-likeness (QED) is 0.280. The van der Waals surface area contributed by atoms with E-state index in [4.69, 9.17) is 30.4 Å². The zero-order valence-electron chi connectivity index (χ0n) is 22.3. The number of carbonyl (C=O) groups is 2. The molecule has 0 radical (unpaired) electrons. The Morgan fingerprint density at radius 1 is 0.750 bits per heavy atom. The highest BCUT2D eigenvalue weighted by atomic mass is 16.8. The molecule has 0 aromatic rings. The fraction of sp³-hybridized carbons (Fsp3) is 0.917. The van der Waals surface area contributed by atoms with Gasteiger partial charge in [0.2, 0.25) is 36.0 Å². The third-order valence-electron chi connectivity index (χ3n) is 7.96. The van der Waals surface area contributed by atoms with Crippen molar-refractivity contribution in [3.8, 4) is 0 Å². The maximum absolute atomic E-state index is 12.3. The maximum Gasteiger partial charge on any atom is 0.248 e. The highest BCUT2D eigenvalue weighted by Gasteiger charge is 2.76. The maximum atomic E-state index is 12.3. The summed E-state index contributed by atoms with van der Waals surface area (Å²) >= 11 is 0. The molecule has 36 heavy (non-hydrogen) atoms. The van der Waals surface area contributed by atoms with Crippen molar-refractivity contribution in [1.29, 1.82) is 0 Å². The molecule has 3 aliphatic heterocycles. The standard InChI is InChI=1S/C24H42N2O10/c1-19(2,3)13(15(25)27)11-9-21(7)23(31,17(29)33-11)36-22(8)10-12(14(16(26)28)20(4,5)6)34-18(30)24(22,32)35-21/h11-14,17-18,29-32H,9-10H2,1-8H3,(H2,25,27)(H2,26,28)/t11?,12?,13-,14?,17+,18-,21+,22-,23+,24?/m1/s1. The fourth-order valence-corrected chi connectivity index (χ4v) is 6.16. The predicted octanol–water partition coefficient (Wildman–Crippen LogP) is -0.562. The number of carbonyl (C=O) groups excluding carboxylic acids is 2. The van der Waals surface area contributed by atoms with Crippen molar-refractivity contribution in [2.45, 2.75) is 116 Å². The van der Waals surface area contributed by atoms with Gasteiger partial charge in [-0.1, -0.05) is 41.5 Å². The van der Waals surface area contributed by atoms with Crippen LogP contribution in [0.15, 0.2) is 0 Å². The lowest BCUT2D eigenvalue weighted by Crippen LogP contribution is -2.84. The van der Waals surface area contributed by atoms with Gasteiger partial charge in [-0.25, -0.2) is 0 Å². The molecule has 12 heteroatoms. The van der Waals surface area contributed by atoms with E-state index in [9.17, 15) is 30.0 Å². The second-order valence-corrected chi connectivity index (χ2v) is 13.0. The van der Waals surface area contributed by atoms with Gasteiger partial charge in [0.15, 0.2) is 0 Å². The van der Waals surface area contributed by atoms with Crippen molar-refractivity contribution in [3.63, 3.8) is 0 Å². The molecule has 0 spiro atoms. The van der Waals surface area contributed by atoms with Crippen LogP contribution in [-0.4, -0.2) is 79.8 Å². The molecule has 0 aromatic carbocycles. The molecule has 3 heterocycles.